The molecule has 3 atom stereocenters. The van der Waals surface area contributed by atoms with Gasteiger partial charge in [-0.3, -0.25) is 4.79 Å². The fraction of sp³-hybridized carbons (Fsp3) is 0.769. The molecule has 3 nitrogen and oxygen atoms in total. The predicted molar refractivity (Wildman–Crippen MR) is 67.2 cm³/mol. The monoisotopic (exact) mass is 224 g/mol. The number of hydrogen-bond acceptors (Lipinski definition) is 2. The highest BCUT2D eigenvalue weighted by molar-refractivity contribution is 5.78. The zero-order valence-electron chi connectivity index (χ0n) is 10.5. The summed E-state index contributed by atoms with van der Waals surface area (Å²) in [6, 6.07) is 0.379. The standard InChI is InChI=1S/C13H24N2O/c1-4-7-14-9-13(16)15-12-6-5-10(2)11(3)8-12/h4,10-12,14H,1,5-9H2,2-3H3,(H,15,16). The van der Waals surface area contributed by atoms with E-state index in [2.05, 4.69) is 31.1 Å². The van der Waals surface area contributed by atoms with Crippen molar-refractivity contribution in [1.82, 2.24) is 10.6 Å². The topological polar surface area (TPSA) is 41.1 Å². The first-order chi connectivity index (χ1) is 7.63. The molecule has 1 fully saturated rings. The van der Waals surface area contributed by atoms with E-state index in [-0.39, 0.29) is 5.91 Å². The summed E-state index contributed by atoms with van der Waals surface area (Å²) in [6.07, 6.45) is 5.23. The highest BCUT2D eigenvalue weighted by atomic mass is 16.1. The molecule has 1 aliphatic rings. The Balaban J connectivity index is 2.21. The number of amides is 1. The number of carbonyl (C=O) groups excluding carboxylic acids is 1. The van der Waals surface area contributed by atoms with Gasteiger partial charge in [0, 0.05) is 12.6 Å². The van der Waals surface area contributed by atoms with E-state index >= 15 is 0 Å². The van der Waals surface area contributed by atoms with Crippen molar-refractivity contribution >= 4 is 5.91 Å². The van der Waals surface area contributed by atoms with Crippen LogP contribution in [0.15, 0.2) is 12.7 Å². The molecule has 92 valence electrons. The SMILES string of the molecule is C=CCNCC(=O)NC1CCC(C)C(C)C1. The third kappa shape index (κ3) is 4.35. The Morgan fingerprint density at radius 1 is 1.38 bits per heavy atom. The van der Waals surface area contributed by atoms with E-state index in [1.807, 2.05) is 0 Å². The van der Waals surface area contributed by atoms with Gasteiger partial charge in [0.15, 0.2) is 0 Å². The van der Waals surface area contributed by atoms with E-state index in [1.54, 1.807) is 6.08 Å². The van der Waals surface area contributed by atoms with Crippen LogP contribution in [0.2, 0.25) is 0 Å². The maximum atomic E-state index is 11.6. The average molecular weight is 224 g/mol. The van der Waals surface area contributed by atoms with Gasteiger partial charge in [-0.15, -0.1) is 6.58 Å². The summed E-state index contributed by atoms with van der Waals surface area (Å²) in [6.45, 7) is 9.26. The maximum Gasteiger partial charge on any atom is 0.234 e. The highest BCUT2D eigenvalue weighted by Gasteiger charge is 2.25. The maximum absolute atomic E-state index is 11.6. The molecule has 0 radical (unpaired) electrons. The van der Waals surface area contributed by atoms with Crippen molar-refractivity contribution < 1.29 is 4.79 Å². The van der Waals surface area contributed by atoms with Crippen LogP contribution in [0, 0.1) is 11.8 Å². The van der Waals surface area contributed by atoms with Crippen LogP contribution in [0.25, 0.3) is 0 Å². The van der Waals surface area contributed by atoms with Crippen LogP contribution in [0.3, 0.4) is 0 Å². The lowest BCUT2D eigenvalue weighted by atomic mass is 9.79. The zero-order chi connectivity index (χ0) is 12.0. The van der Waals surface area contributed by atoms with E-state index in [0.29, 0.717) is 19.1 Å². The van der Waals surface area contributed by atoms with Crippen LogP contribution in [-0.2, 0) is 4.79 Å². The van der Waals surface area contributed by atoms with E-state index < -0.39 is 0 Å². The van der Waals surface area contributed by atoms with Crippen molar-refractivity contribution in [2.75, 3.05) is 13.1 Å². The van der Waals surface area contributed by atoms with Crippen molar-refractivity contribution in [3.63, 3.8) is 0 Å². The molecule has 2 N–H and O–H groups in total. The third-order valence-electron chi connectivity index (χ3n) is 3.54. The fourth-order valence-electron chi connectivity index (χ4n) is 2.25. The molecule has 16 heavy (non-hydrogen) atoms. The molecule has 0 aromatic rings. The molecule has 0 bridgehead atoms. The van der Waals surface area contributed by atoms with Gasteiger partial charge in [-0.1, -0.05) is 19.9 Å². The van der Waals surface area contributed by atoms with Gasteiger partial charge >= 0.3 is 0 Å². The normalized spacial score (nSPS) is 29.8. The van der Waals surface area contributed by atoms with Crippen molar-refractivity contribution in [3.8, 4) is 0 Å². The Morgan fingerprint density at radius 2 is 2.12 bits per heavy atom. The molecule has 0 aliphatic heterocycles. The second-order valence-corrected chi connectivity index (χ2v) is 4.95. The van der Waals surface area contributed by atoms with Crippen molar-refractivity contribution in [2.45, 2.75) is 39.2 Å². The van der Waals surface area contributed by atoms with Crippen LogP contribution in [0.4, 0.5) is 0 Å². The molecule has 0 aromatic heterocycles. The Kier molecular flexibility index (Phi) is 5.53. The zero-order valence-corrected chi connectivity index (χ0v) is 10.5. The quantitative estimate of drug-likeness (QED) is 0.551. The summed E-state index contributed by atoms with van der Waals surface area (Å²) in [4.78, 5) is 11.6. The number of nitrogens with one attached hydrogen (secondary N) is 2. The van der Waals surface area contributed by atoms with Crippen LogP contribution in [-0.4, -0.2) is 25.0 Å². The van der Waals surface area contributed by atoms with Crippen molar-refractivity contribution in [2.24, 2.45) is 11.8 Å². The third-order valence-corrected chi connectivity index (χ3v) is 3.54. The molecule has 1 rings (SSSR count). The van der Waals surface area contributed by atoms with Crippen LogP contribution in [0.5, 0.6) is 0 Å². The largest absolute Gasteiger partial charge is 0.352 e. The lowest BCUT2D eigenvalue weighted by molar-refractivity contribution is -0.121. The van der Waals surface area contributed by atoms with Gasteiger partial charge in [0.25, 0.3) is 0 Å². The first-order valence-corrected chi connectivity index (χ1v) is 6.24. The number of hydrogen-bond donors (Lipinski definition) is 2. The van der Waals surface area contributed by atoms with E-state index in [1.165, 1.54) is 6.42 Å². The molecule has 1 amide bonds. The molecule has 0 heterocycles. The lowest BCUT2D eigenvalue weighted by Crippen LogP contribution is -2.43. The summed E-state index contributed by atoms with van der Waals surface area (Å²) in [5.41, 5.74) is 0. The second-order valence-electron chi connectivity index (χ2n) is 4.95. The Morgan fingerprint density at radius 3 is 2.75 bits per heavy atom. The van der Waals surface area contributed by atoms with E-state index in [0.717, 1.165) is 24.7 Å². The van der Waals surface area contributed by atoms with Gasteiger partial charge in [-0.05, 0) is 31.1 Å². The Labute approximate surface area is 98.7 Å². The molecule has 0 aromatic carbocycles. The molecular formula is C13H24N2O. The molecule has 3 heteroatoms. The molecule has 0 saturated heterocycles. The molecular weight excluding hydrogens is 200 g/mol. The van der Waals surface area contributed by atoms with Gasteiger partial charge in [-0.25, -0.2) is 0 Å². The lowest BCUT2D eigenvalue weighted by Gasteiger charge is -2.32. The van der Waals surface area contributed by atoms with Crippen molar-refractivity contribution in [1.29, 1.82) is 0 Å². The number of rotatable bonds is 5. The summed E-state index contributed by atoms with van der Waals surface area (Å²) in [5.74, 6) is 1.63. The molecule has 1 aliphatic carbocycles. The fourth-order valence-corrected chi connectivity index (χ4v) is 2.25. The van der Waals surface area contributed by atoms with Gasteiger partial charge in [0.05, 0.1) is 6.54 Å². The summed E-state index contributed by atoms with van der Waals surface area (Å²) < 4.78 is 0. The summed E-state index contributed by atoms with van der Waals surface area (Å²) in [5, 5.41) is 6.11. The second kappa shape index (κ2) is 6.69. The van der Waals surface area contributed by atoms with Gasteiger partial charge < -0.3 is 10.6 Å². The minimum Gasteiger partial charge on any atom is -0.352 e. The van der Waals surface area contributed by atoms with Gasteiger partial charge in [0.1, 0.15) is 0 Å². The first-order valence-electron chi connectivity index (χ1n) is 6.24. The van der Waals surface area contributed by atoms with E-state index in [9.17, 15) is 4.79 Å². The first kappa shape index (κ1) is 13.2. The highest BCUT2D eigenvalue weighted by Crippen LogP contribution is 2.29. The smallest absolute Gasteiger partial charge is 0.234 e. The van der Waals surface area contributed by atoms with Gasteiger partial charge in [-0.2, -0.15) is 0 Å². The molecule has 3 unspecified atom stereocenters. The Hall–Kier alpha value is -0.830. The summed E-state index contributed by atoms with van der Waals surface area (Å²) in [7, 11) is 0. The summed E-state index contributed by atoms with van der Waals surface area (Å²) >= 11 is 0. The predicted octanol–water partition coefficient (Wildman–Crippen LogP) is 1.70. The average Bonchev–Trinajstić information content (AvgIpc) is 2.24. The molecule has 0 spiro atoms. The van der Waals surface area contributed by atoms with Crippen molar-refractivity contribution in [3.05, 3.63) is 12.7 Å². The van der Waals surface area contributed by atoms with E-state index in [4.69, 9.17) is 0 Å². The van der Waals surface area contributed by atoms with Crippen LogP contribution in [0.1, 0.15) is 33.1 Å². The van der Waals surface area contributed by atoms with Crippen LogP contribution >= 0.6 is 0 Å². The number of carbonyl (C=O) groups is 1. The molecule has 1 saturated carbocycles. The minimum absolute atomic E-state index is 0.105. The Bertz CT molecular complexity index is 240. The minimum atomic E-state index is 0.105. The van der Waals surface area contributed by atoms with Crippen LogP contribution < -0.4 is 10.6 Å². The van der Waals surface area contributed by atoms with Gasteiger partial charge in [0.2, 0.25) is 5.91 Å².